The summed E-state index contributed by atoms with van der Waals surface area (Å²) in [7, 11) is 0. The smallest absolute Gasteiger partial charge is 0.270 e. The average molecular weight is 434 g/mol. The molecule has 0 spiro atoms. The number of rotatable bonds is 5. The summed E-state index contributed by atoms with van der Waals surface area (Å²) in [4.78, 5) is 30.7. The van der Waals surface area contributed by atoms with Gasteiger partial charge in [-0.3, -0.25) is 19.8 Å². The van der Waals surface area contributed by atoms with Crippen molar-refractivity contribution in [3.8, 4) is 6.07 Å². The number of benzene rings is 2. The minimum absolute atomic E-state index is 0.0476. The Balaban J connectivity index is 1.48. The Morgan fingerprint density at radius 2 is 1.72 bits per heavy atom. The Morgan fingerprint density at radius 3 is 2.41 bits per heavy atom. The monoisotopic (exact) mass is 433 g/mol. The van der Waals surface area contributed by atoms with Crippen molar-refractivity contribution in [3.63, 3.8) is 0 Å². The van der Waals surface area contributed by atoms with E-state index in [0.717, 1.165) is 63.2 Å². The highest BCUT2D eigenvalue weighted by Crippen LogP contribution is 2.29. The fraction of sp³-hybridized carbons (Fsp3) is 0.417. The van der Waals surface area contributed by atoms with Crippen LogP contribution in [0.2, 0.25) is 0 Å². The zero-order chi connectivity index (χ0) is 22.5. The van der Waals surface area contributed by atoms with Crippen LogP contribution in [0.1, 0.15) is 40.7 Å². The van der Waals surface area contributed by atoms with Crippen LogP contribution >= 0.6 is 0 Å². The van der Waals surface area contributed by atoms with E-state index < -0.39 is 4.92 Å². The van der Waals surface area contributed by atoms with Crippen molar-refractivity contribution in [2.45, 2.75) is 25.8 Å². The number of nitrogens with zero attached hydrogens (tertiary/aromatic N) is 5. The summed E-state index contributed by atoms with van der Waals surface area (Å²) in [6.45, 7) is 5.33. The number of amides is 1. The molecule has 0 atom stereocenters. The Kier molecular flexibility index (Phi) is 6.66. The van der Waals surface area contributed by atoms with Gasteiger partial charge in [0.15, 0.2) is 0 Å². The summed E-state index contributed by atoms with van der Waals surface area (Å²) < 4.78 is 0. The summed E-state index contributed by atoms with van der Waals surface area (Å²) >= 11 is 0. The molecule has 2 aromatic rings. The summed E-state index contributed by atoms with van der Waals surface area (Å²) in [6.07, 6.45) is 2.98. The number of anilines is 1. The van der Waals surface area contributed by atoms with Gasteiger partial charge in [0.1, 0.15) is 0 Å². The van der Waals surface area contributed by atoms with Crippen LogP contribution < -0.4 is 4.90 Å². The minimum Gasteiger partial charge on any atom is -0.371 e. The van der Waals surface area contributed by atoms with E-state index in [2.05, 4.69) is 15.9 Å². The Bertz CT molecular complexity index is 1020. The number of nitro benzene ring substituents is 1. The molecule has 2 aliphatic heterocycles. The summed E-state index contributed by atoms with van der Waals surface area (Å²) in [5.74, 6) is -0.129. The highest BCUT2D eigenvalue weighted by molar-refractivity contribution is 6.00. The number of carbonyl (C=O) groups is 1. The first-order valence-corrected chi connectivity index (χ1v) is 11.1. The summed E-state index contributed by atoms with van der Waals surface area (Å²) in [5, 5.41) is 20.3. The van der Waals surface area contributed by atoms with Gasteiger partial charge < -0.3 is 9.80 Å². The number of carbonyl (C=O) groups excluding carboxylic acids is 1. The van der Waals surface area contributed by atoms with Crippen molar-refractivity contribution >= 4 is 17.3 Å². The van der Waals surface area contributed by atoms with Crippen LogP contribution in [0.25, 0.3) is 0 Å². The lowest BCUT2D eigenvalue weighted by Crippen LogP contribution is -2.36. The molecule has 0 aliphatic carbocycles. The molecule has 8 heteroatoms. The topological polar surface area (TPSA) is 93.7 Å². The largest absolute Gasteiger partial charge is 0.371 e. The fourth-order valence-corrected chi connectivity index (χ4v) is 4.49. The second-order valence-electron chi connectivity index (χ2n) is 8.38. The molecule has 0 radical (unpaired) electrons. The molecule has 8 nitrogen and oxygen atoms in total. The number of nitriles is 1. The molecule has 0 N–H and O–H groups in total. The van der Waals surface area contributed by atoms with Crippen molar-refractivity contribution in [2.24, 2.45) is 0 Å². The minimum atomic E-state index is -0.438. The van der Waals surface area contributed by atoms with E-state index in [0.29, 0.717) is 24.2 Å². The molecule has 2 aliphatic rings. The maximum Gasteiger partial charge on any atom is 0.270 e. The first kappa shape index (κ1) is 21.8. The van der Waals surface area contributed by atoms with Crippen LogP contribution in [0.4, 0.5) is 11.4 Å². The van der Waals surface area contributed by atoms with Crippen molar-refractivity contribution in [1.82, 2.24) is 9.80 Å². The molecular formula is C24H27N5O3. The third-order valence-corrected chi connectivity index (χ3v) is 6.23. The predicted octanol–water partition coefficient (Wildman–Crippen LogP) is 3.41. The number of hydrogen-bond acceptors (Lipinski definition) is 6. The van der Waals surface area contributed by atoms with Gasteiger partial charge in [0.2, 0.25) is 0 Å². The molecule has 4 rings (SSSR count). The van der Waals surface area contributed by atoms with E-state index in [1.807, 2.05) is 29.2 Å². The molecular weight excluding hydrogens is 406 g/mol. The van der Waals surface area contributed by atoms with Crippen LogP contribution in [-0.4, -0.2) is 59.9 Å². The molecule has 32 heavy (non-hydrogen) atoms. The van der Waals surface area contributed by atoms with E-state index in [1.54, 1.807) is 6.07 Å². The highest BCUT2D eigenvalue weighted by Gasteiger charge is 2.27. The van der Waals surface area contributed by atoms with Crippen molar-refractivity contribution in [3.05, 3.63) is 69.3 Å². The van der Waals surface area contributed by atoms with Gasteiger partial charge in [0.05, 0.1) is 27.8 Å². The Hall–Kier alpha value is -3.44. The third-order valence-electron chi connectivity index (χ3n) is 6.23. The Morgan fingerprint density at radius 1 is 0.969 bits per heavy atom. The van der Waals surface area contributed by atoms with E-state index in [-0.39, 0.29) is 11.6 Å². The molecule has 0 bridgehead atoms. The van der Waals surface area contributed by atoms with Crippen LogP contribution in [0.3, 0.4) is 0 Å². The van der Waals surface area contributed by atoms with Crippen molar-refractivity contribution in [2.75, 3.05) is 44.2 Å². The standard InChI is InChI=1S/C24H27N5O3/c25-17-19-4-6-20(7-5-19)18-26-10-3-13-28(15-14-26)24(30)22-16-21(29(31)32)8-9-23(22)27-11-1-2-12-27/h4-9,16H,1-3,10-15,18H2. The van der Waals surface area contributed by atoms with E-state index in [9.17, 15) is 14.9 Å². The third kappa shape index (κ3) is 4.89. The molecule has 2 saturated heterocycles. The van der Waals surface area contributed by atoms with Gasteiger partial charge in [-0.25, -0.2) is 0 Å². The summed E-state index contributed by atoms with van der Waals surface area (Å²) in [5.41, 5.74) is 2.97. The van der Waals surface area contributed by atoms with Crippen LogP contribution in [0, 0.1) is 21.4 Å². The molecule has 166 valence electrons. The van der Waals surface area contributed by atoms with E-state index >= 15 is 0 Å². The normalized spacial score (nSPS) is 17.1. The lowest BCUT2D eigenvalue weighted by atomic mass is 10.1. The van der Waals surface area contributed by atoms with Gasteiger partial charge in [-0.2, -0.15) is 5.26 Å². The van der Waals surface area contributed by atoms with Crippen LogP contribution in [0.5, 0.6) is 0 Å². The second kappa shape index (κ2) is 9.79. The molecule has 0 aromatic heterocycles. The van der Waals surface area contributed by atoms with Gasteiger partial charge in [-0.15, -0.1) is 0 Å². The SMILES string of the molecule is N#Cc1ccc(CN2CCCN(C(=O)c3cc([N+](=O)[O-])ccc3N3CCCC3)CC2)cc1. The van der Waals surface area contributed by atoms with Gasteiger partial charge >= 0.3 is 0 Å². The van der Waals surface area contributed by atoms with E-state index in [1.165, 1.54) is 12.1 Å². The van der Waals surface area contributed by atoms with Gasteiger partial charge in [0, 0.05) is 57.9 Å². The molecule has 0 unspecified atom stereocenters. The molecule has 2 aromatic carbocycles. The first-order valence-electron chi connectivity index (χ1n) is 11.1. The second-order valence-corrected chi connectivity index (χ2v) is 8.38. The molecule has 2 fully saturated rings. The lowest BCUT2D eigenvalue weighted by molar-refractivity contribution is -0.384. The van der Waals surface area contributed by atoms with Crippen molar-refractivity contribution in [1.29, 1.82) is 5.26 Å². The van der Waals surface area contributed by atoms with Crippen LogP contribution in [-0.2, 0) is 6.54 Å². The van der Waals surface area contributed by atoms with Crippen LogP contribution in [0.15, 0.2) is 42.5 Å². The van der Waals surface area contributed by atoms with Gasteiger partial charge in [-0.05, 0) is 43.0 Å². The predicted molar refractivity (Wildman–Crippen MR) is 121 cm³/mol. The highest BCUT2D eigenvalue weighted by atomic mass is 16.6. The number of hydrogen-bond donors (Lipinski definition) is 0. The molecule has 1 amide bonds. The summed E-state index contributed by atoms with van der Waals surface area (Å²) in [6, 6.07) is 14.4. The van der Waals surface area contributed by atoms with E-state index in [4.69, 9.17) is 5.26 Å². The molecule has 0 saturated carbocycles. The maximum absolute atomic E-state index is 13.5. The zero-order valence-electron chi connectivity index (χ0n) is 18.1. The van der Waals surface area contributed by atoms with Gasteiger partial charge in [-0.1, -0.05) is 12.1 Å². The number of nitro groups is 1. The van der Waals surface area contributed by atoms with Crippen molar-refractivity contribution < 1.29 is 9.72 Å². The lowest BCUT2D eigenvalue weighted by Gasteiger charge is -2.26. The Labute approximate surface area is 187 Å². The first-order chi connectivity index (χ1) is 15.5. The van der Waals surface area contributed by atoms with Gasteiger partial charge in [0.25, 0.3) is 11.6 Å². The fourth-order valence-electron chi connectivity index (χ4n) is 4.49. The zero-order valence-corrected chi connectivity index (χ0v) is 18.1. The quantitative estimate of drug-likeness (QED) is 0.530. The average Bonchev–Trinajstić information content (AvgIpc) is 3.25. The maximum atomic E-state index is 13.5. The molecule has 2 heterocycles. The number of non-ortho nitro benzene ring substituents is 1.